The van der Waals surface area contributed by atoms with Crippen molar-refractivity contribution in [2.75, 3.05) is 53.6 Å². The number of benzene rings is 2. The van der Waals surface area contributed by atoms with E-state index in [9.17, 15) is 19.2 Å². The molecule has 5 rings (SSSR count). The number of carbonyl (C=O) groups excluding carboxylic acids is 4. The van der Waals surface area contributed by atoms with Gasteiger partial charge in [0, 0.05) is 41.6 Å². The van der Waals surface area contributed by atoms with Gasteiger partial charge < -0.3 is 33.9 Å². The van der Waals surface area contributed by atoms with E-state index in [4.69, 9.17) is 14.2 Å². The quantitative estimate of drug-likeness (QED) is 0.178. The maximum absolute atomic E-state index is 14.0. The van der Waals surface area contributed by atoms with Gasteiger partial charge in [0.05, 0.1) is 33.8 Å². The average Bonchev–Trinajstić information content (AvgIpc) is 3.77. The number of H-pyrrole nitrogens is 1. The van der Waals surface area contributed by atoms with E-state index in [1.54, 1.807) is 37.4 Å². The molecule has 48 heavy (non-hydrogen) atoms. The van der Waals surface area contributed by atoms with Gasteiger partial charge in [-0.3, -0.25) is 19.2 Å². The Morgan fingerprint density at radius 2 is 1.75 bits per heavy atom. The summed E-state index contributed by atoms with van der Waals surface area (Å²) in [5.74, 6) is 0.0333. The Labute approximate surface area is 284 Å². The van der Waals surface area contributed by atoms with Crippen molar-refractivity contribution in [3.8, 4) is 11.5 Å². The molecule has 1 aliphatic rings. The minimum absolute atomic E-state index is 0.0549. The molecule has 1 saturated heterocycles. The monoisotopic (exact) mass is 674 g/mol. The van der Waals surface area contributed by atoms with Crippen molar-refractivity contribution in [3.05, 3.63) is 82.2 Å². The Kier molecular flexibility index (Phi) is 11.7. The van der Waals surface area contributed by atoms with Gasteiger partial charge in [0.15, 0.2) is 0 Å². The predicted molar refractivity (Wildman–Crippen MR) is 183 cm³/mol. The molecule has 1 unspecified atom stereocenters. The highest BCUT2D eigenvalue weighted by Gasteiger charge is 2.41. The number of esters is 1. The third-order valence-corrected chi connectivity index (χ3v) is 9.54. The molecular formula is C36H42N4O7S. The molecule has 0 spiro atoms. The molecule has 2 aromatic carbocycles. The molecule has 1 atom stereocenters. The van der Waals surface area contributed by atoms with E-state index in [0.717, 1.165) is 32.7 Å². The Hall–Kier alpha value is -4.84. The van der Waals surface area contributed by atoms with Gasteiger partial charge in [0.1, 0.15) is 24.1 Å². The van der Waals surface area contributed by atoms with Crippen LogP contribution in [0.3, 0.4) is 0 Å². The van der Waals surface area contributed by atoms with Gasteiger partial charge in [-0.1, -0.05) is 18.2 Å². The molecule has 1 fully saturated rings. The molecule has 0 bridgehead atoms. The van der Waals surface area contributed by atoms with E-state index in [2.05, 4.69) is 4.98 Å². The van der Waals surface area contributed by atoms with Crippen LogP contribution in [0.25, 0.3) is 10.9 Å². The van der Waals surface area contributed by atoms with Crippen LogP contribution < -0.4 is 9.47 Å². The number of aromatic nitrogens is 1. The van der Waals surface area contributed by atoms with Crippen LogP contribution in [0.15, 0.2) is 66.2 Å². The van der Waals surface area contributed by atoms with Crippen LogP contribution in [0, 0.1) is 0 Å². The fraction of sp³-hybridized carbons (Fsp3) is 0.389. The number of aromatic amines is 1. The molecule has 3 amide bonds. The van der Waals surface area contributed by atoms with Gasteiger partial charge >= 0.3 is 5.97 Å². The third-order valence-electron chi connectivity index (χ3n) is 8.60. The number of fused-ring (bicyclic) bond motifs is 1. The summed E-state index contributed by atoms with van der Waals surface area (Å²) in [5.41, 5.74) is 2.88. The summed E-state index contributed by atoms with van der Waals surface area (Å²) in [6, 6.07) is 16.2. The van der Waals surface area contributed by atoms with Crippen LogP contribution in [0.2, 0.25) is 0 Å². The van der Waals surface area contributed by atoms with Crippen LogP contribution >= 0.6 is 11.3 Å². The van der Waals surface area contributed by atoms with E-state index < -0.39 is 17.9 Å². The van der Waals surface area contributed by atoms with Crippen molar-refractivity contribution < 1.29 is 33.4 Å². The minimum Gasteiger partial charge on any atom is -0.497 e. The van der Waals surface area contributed by atoms with Crippen molar-refractivity contribution in [1.29, 1.82) is 0 Å². The smallest absolute Gasteiger partial charge is 0.325 e. The van der Waals surface area contributed by atoms with Gasteiger partial charge in [-0.25, -0.2) is 0 Å². The molecule has 12 heteroatoms. The molecular weight excluding hydrogens is 632 g/mol. The normalized spacial score (nSPS) is 14.8. The lowest BCUT2D eigenvalue weighted by Gasteiger charge is -2.40. The number of carbonyl (C=O) groups is 4. The Balaban J connectivity index is 1.34. The zero-order valence-corrected chi connectivity index (χ0v) is 28.4. The number of nitrogens with one attached hydrogen (secondary N) is 1. The van der Waals surface area contributed by atoms with Crippen molar-refractivity contribution in [1.82, 2.24) is 19.7 Å². The van der Waals surface area contributed by atoms with Crippen LogP contribution in [0.1, 0.15) is 29.3 Å². The first-order chi connectivity index (χ1) is 23.3. The highest BCUT2D eigenvalue weighted by Crippen LogP contribution is 2.25. The van der Waals surface area contributed by atoms with E-state index in [1.165, 1.54) is 9.80 Å². The summed E-state index contributed by atoms with van der Waals surface area (Å²) in [6.45, 7) is 2.43. The predicted octanol–water partition coefficient (Wildman–Crippen LogP) is 4.10. The fourth-order valence-corrected chi connectivity index (χ4v) is 6.65. The lowest BCUT2D eigenvalue weighted by atomic mass is 10.0. The highest BCUT2D eigenvalue weighted by atomic mass is 32.1. The molecule has 2 aromatic heterocycles. The lowest BCUT2D eigenvalue weighted by molar-refractivity contribution is -0.158. The molecule has 0 saturated carbocycles. The van der Waals surface area contributed by atoms with Crippen molar-refractivity contribution in [2.45, 2.75) is 38.6 Å². The number of ether oxygens (including phenoxy) is 3. The number of nitrogens with zero attached hydrogens (tertiary/aromatic N) is 3. The first-order valence-corrected chi connectivity index (χ1v) is 17.0. The first-order valence-electron chi connectivity index (χ1n) is 16.1. The number of methoxy groups -OCH3 is 2. The zero-order chi connectivity index (χ0) is 34.0. The molecule has 4 aromatic rings. The molecule has 1 aliphatic heterocycles. The summed E-state index contributed by atoms with van der Waals surface area (Å²) >= 11 is 1.58. The summed E-state index contributed by atoms with van der Waals surface area (Å²) in [7, 11) is 3.21. The summed E-state index contributed by atoms with van der Waals surface area (Å²) in [6.07, 6.45) is 3.21. The first kappa shape index (κ1) is 34.5. The number of hydrogen-bond donors (Lipinski definition) is 1. The topological polar surface area (TPSA) is 121 Å². The largest absolute Gasteiger partial charge is 0.497 e. The highest BCUT2D eigenvalue weighted by molar-refractivity contribution is 7.09. The van der Waals surface area contributed by atoms with Crippen molar-refractivity contribution in [2.24, 2.45) is 0 Å². The second kappa shape index (κ2) is 16.3. The van der Waals surface area contributed by atoms with Gasteiger partial charge in [0.2, 0.25) is 17.7 Å². The Morgan fingerprint density at radius 1 is 0.979 bits per heavy atom. The third kappa shape index (κ3) is 8.54. The van der Waals surface area contributed by atoms with E-state index in [0.29, 0.717) is 38.1 Å². The van der Waals surface area contributed by atoms with Gasteiger partial charge in [0.25, 0.3) is 0 Å². The van der Waals surface area contributed by atoms with Crippen LogP contribution in [0.5, 0.6) is 11.5 Å². The summed E-state index contributed by atoms with van der Waals surface area (Å²) < 4.78 is 15.8. The van der Waals surface area contributed by atoms with Crippen LogP contribution in [-0.4, -0.2) is 103 Å². The summed E-state index contributed by atoms with van der Waals surface area (Å²) in [5, 5.41) is 2.93. The molecule has 254 valence electrons. The minimum atomic E-state index is -0.989. The number of thiophene rings is 1. The lowest BCUT2D eigenvalue weighted by Crippen LogP contribution is -2.61. The number of amides is 3. The molecule has 11 nitrogen and oxygen atoms in total. The number of rotatable bonds is 16. The molecule has 0 radical (unpaired) electrons. The van der Waals surface area contributed by atoms with Gasteiger partial charge in [-0.15, -0.1) is 11.3 Å². The number of hydrogen-bond acceptors (Lipinski definition) is 8. The van der Waals surface area contributed by atoms with Crippen LogP contribution in [0.4, 0.5) is 0 Å². The average molecular weight is 675 g/mol. The maximum atomic E-state index is 14.0. The number of piperazine rings is 1. The van der Waals surface area contributed by atoms with Crippen LogP contribution in [-0.2, 0) is 43.2 Å². The maximum Gasteiger partial charge on any atom is 0.325 e. The van der Waals surface area contributed by atoms with Gasteiger partial charge in [-0.05, 0) is 79.1 Å². The van der Waals surface area contributed by atoms with E-state index in [-0.39, 0.29) is 44.5 Å². The molecule has 3 heterocycles. The second-order valence-electron chi connectivity index (χ2n) is 11.6. The van der Waals surface area contributed by atoms with Crippen molar-refractivity contribution in [3.63, 3.8) is 0 Å². The SMILES string of the molecule is CCOC(=O)CN(CCc1c[nH]c2ccc(OC)cc12)C(=O)CC1C(=O)N(CCc2ccc(OC)cc2)CC(=O)N1CCc1cccs1. The Morgan fingerprint density at radius 3 is 2.46 bits per heavy atom. The second-order valence-corrected chi connectivity index (χ2v) is 12.6. The van der Waals surface area contributed by atoms with E-state index >= 15 is 0 Å². The summed E-state index contributed by atoms with van der Waals surface area (Å²) in [4.78, 5) is 63.1. The molecule has 1 N–H and O–H groups in total. The Bertz CT molecular complexity index is 1700. The van der Waals surface area contributed by atoms with Gasteiger partial charge in [-0.2, -0.15) is 0 Å². The zero-order valence-electron chi connectivity index (χ0n) is 27.6. The van der Waals surface area contributed by atoms with E-state index in [1.807, 2.05) is 66.2 Å². The molecule has 0 aliphatic carbocycles. The fourth-order valence-electron chi connectivity index (χ4n) is 5.95. The van der Waals surface area contributed by atoms with Crippen molar-refractivity contribution >= 4 is 45.9 Å². The standard InChI is InChI=1S/C36H42N4O7S/c1-4-47-35(43)24-38(17-14-26-22-37-31-12-11-28(46-3)20-30(26)31)33(41)21-32-36(44)39(16-13-25-7-9-27(45-2)10-8-25)23-34(42)40(32)18-15-29-6-5-19-48-29/h5-12,19-20,22,32,37H,4,13-18,21,23-24H2,1-3H3.